The third-order valence-corrected chi connectivity index (χ3v) is 5.38. The Hall–Kier alpha value is -3.17. The van der Waals surface area contributed by atoms with E-state index in [1.807, 2.05) is 29.6 Å². The molecule has 0 saturated heterocycles. The number of rotatable bonds is 6. The molecule has 0 aliphatic carbocycles. The molecule has 0 N–H and O–H groups in total. The fourth-order valence-electron chi connectivity index (χ4n) is 2.75. The molecule has 0 spiro atoms. The number of fused-ring (bicyclic) bond motifs is 1. The first-order valence-corrected chi connectivity index (χ1v) is 10.2. The average Bonchev–Trinajstić information content (AvgIpc) is 3.36. The minimum Gasteiger partial charge on any atom is -0.489 e. The quantitative estimate of drug-likeness (QED) is 0.286. The predicted octanol–water partition coefficient (Wildman–Crippen LogP) is 5.42. The van der Waals surface area contributed by atoms with Crippen molar-refractivity contribution in [2.24, 2.45) is 0 Å². The number of carbonyl (C=O) groups is 1. The maximum Gasteiger partial charge on any atom is 0.513 e. The van der Waals surface area contributed by atoms with E-state index in [1.54, 1.807) is 13.8 Å². The van der Waals surface area contributed by atoms with E-state index in [0.29, 0.717) is 32.8 Å². The van der Waals surface area contributed by atoms with E-state index in [1.165, 1.54) is 17.5 Å². The van der Waals surface area contributed by atoms with Crippen LogP contribution >= 0.6 is 22.9 Å². The lowest BCUT2D eigenvalue weighted by molar-refractivity contribution is 0.105. The molecule has 0 aliphatic rings. The predicted molar refractivity (Wildman–Crippen MR) is 111 cm³/mol. The van der Waals surface area contributed by atoms with Crippen molar-refractivity contribution < 1.29 is 23.4 Å². The van der Waals surface area contributed by atoms with Crippen LogP contribution in [0.5, 0.6) is 11.5 Å². The van der Waals surface area contributed by atoms with Gasteiger partial charge in [0.25, 0.3) is 0 Å². The van der Waals surface area contributed by atoms with Crippen molar-refractivity contribution in [3.8, 4) is 23.0 Å². The highest BCUT2D eigenvalue weighted by atomic mass is 35.5. The summed E-state index contributed by atoms with van der Waals surface area (Å²) in [7, 11) is 0. The van der Waals surface area contributed by atoms with Gasteiger partial charge in [-0.15, -0.1) is 21.5 Å². The van der Waals surface area contributed by atoms with E-state index in [0.717, 1.165) is 11.1 Å². The summed E-state index contributed by atoms with van der Waals surface area (Å²) in [6.07, 6.45) is 0.612. The van der Waals surface area contributed by atoms with Gasteiger partial charge < -0.3 is 18.6 Å². The van der Waals surface area contributed by atoms with Crippen molar-refractivity contribution in [1.29, 1.82) is 0 Å². The van der Waals surface area contributed by atoms with E-state index >= 15 is 0 Å². The van der Waals surface area contributed by atoms with Crippen LogP contribution in [0.25, 0.3) is 21.5 Å². The first-order valence-electron chi connectivity index (χ1n) is 8.97. The van der Waals surface area contributed by atoms with Gasteiger partial charge in [0.2, 0.25) is 11.8 Å². The molecule has 0 bridgehead atoms. The molecule has 0 unspecified atom stereocenters. The van der Waals surface area contributed by atoms with Crippen molar-refractivity contribution in [2.75, 3.05) is 6.61 Å². The number of hydrogen-bond acceptors (Lipinski definition) is 9. The molecular formula is C20H16ClN3O5S. The molecule has 154 valence electrons. The van der Waals surface area contributed by atoms with Gasteiger partial charge in [-0.1, -0.05) is 17.7 Å². The summed E-state index contributed by atoms with van der Waals surface area (Å²) >= 11 is 7.69. The van der Waals surface area contributed by atoms with Crippen LogP contribution in [0.1, 0.15) is 18.4 Å². The second-order valence-corrected chi connectivity index (χ2v) is 7.34. The molecule has 1 aromatic carbocycles. The first-order chi connectivity index (χ1) is 14.5. The van der Waals surface area contributed by atoms with Crippen LogP contribution in [0.2, 0.25) is 5.15 Å². The molecule has 3 heterocycles. The number of ether oxygens (including phenoxy) is 3. The SMILES string of the molecule is CCOC(=O)Oc1cnc(Cl)c2c(COc3cccc(-c4nnc(C)o4)c3)csc12. The normalized spacial score (nSPS) is 10.9. The highest BCUT2D eigenvalue weighted by Gasteiger charge is 2.17. The summed E-state index contributed by atoms with van der Waals surface area (Å²) in [5.74, 6) is 1.83. The van der Waals surface area contributed by atoms with Gasteiger partial charge in [0.05, 0.1) is 17.5 Å². The Morgan fingerprint density at radius 2 is 2.17 bits per heavy atom. The minimum atomic E-state index is -0.790. The number of pyridine rings is 1. The second kappa shape index (κ2) is 8.68. The zero-order chi connectivity index (χ0) is 21.1. The largest absolute Gasteiger partial charge is 0.513 e. The number of nitrogens with zero attached hydrogens (tertiary/aromatic N) is 3. The Kier molecular flexibility index (Phi) is 5.82. The van der Waals surface area contributed by atoms with E-state index < -0.39 is 6.16 Å². The van der Waals surface area contributed by atoms with Gasteiger partial charge in [0.15, 0.2) is 5.75 Å². The molecular weight excluding hydrogens is 430 g/mol. The average molecular weight is 446 g/mol. The van der Waals surface area contributed by atoms with Crippen LogP contribution in [0.3, 0.4) is 0 Å². The Labute approximate surface area is 180 Å². The standard InChI is InChI=1S/C20H16ClN3O5S/c1-3-26-20(25)29-15-8-22-18(21)16-13(10-30-17(15)16)9-27-14-6-4-5-12(7-14)19-24-23-11(2)28-19/h4-8,10H,3,9H2,1-2H3. The minimum absolute atomic E-state index is 0.217. The van der Waals surface area contributed by atoms with Gasteiger partial charge in [-0.2, -0.15) is 0 Å². The third kappa shape index (κ3) is 4.22. The van der Waals surface area contributed by atoms with Gasteiger partial charge in [-0.05, 0) is 30.5 Å². The van der Waals surface area contributed by atoms with Crippen molar-refractivity contribution in [3.63, 3.8) is 0 Å². The van der Waals surface area contributed by atoms with Gasteiger partial charge in [0.1, 0.15) is 17.5 Å². The molecule has 0 fully saturated rings. The summed E-state index contributed by atoms with van der Waals surface area (Å²) < 4.78 is 22.1. The van der Waals surface area contributed by atoms with Crippen molar-refractivity contribution >= 4 is 39.2 Å². The van der Waals surface area contributed by atoms with Crippen molar-refractivity contribution in [1.82, 2.24) is 15.2 Å². The van der Waals surface area contributed by atoms with Crippen molar-refractivity contribution in [2.45, 2.75) is 20.5 Å². The molecule has 0 aliphatic heterocycles. The van der Waals surface area contributed by atoms with Gasteiger partial charge >= 0.3 is 6.16 Å². The lowest BCUT2D eigenvalue weighted by Crippen LogP contribution is -2.10. The van der Waals surface area contributed by atoms with E-state index in [2.05, 4.69) is 15.2 Å². The number of carbonyl (C=O) groups excluding carboxylic acids is 1. The highest BCUT2D eigenvalue weighted by molar-refractivity contribution is 7.17. The molecule has 0 amide bonds. The summed E-state index contributed by atoms with van der Waals surface area (Å²) in [6.45, 7) is 3.90. The first kappa shape index (κ1) is 20.1. The molecule has 4 aromatic rings. The van der Waals surface area contributed by atoms with Crippen LogP contribution in [-0.4, -0.2) is 27.9 Å². The summed E-state index contributed by atoms with van der Waals surface area (Å²) in [4.78, 5) is 15.8. The molecule has 0 radical (unpaired) electrons. The van der Waals surface area contributed by atoms with Crippen LogP contribution in [-0.2, 0) is 11.3 Å². The summed E-state index contributed by atoms with van der Waals surface area (Å²) in [5.41, 5.74) is 1.58. The van der Waals surface area contributed by atoms with Crippen LogP contribution in [0.15, 0.2) is 40.3 Å². The van der Waals surface area contributed by atoms with Gasteiger partial charge in [-0.25, -0.2) is 9.78 Å². The number of thiophene rings is 1. The molecule has 3 aromatic heterocycles. The van der Waals surface area contributed by atoms with E-state index in [9.17, 15) is 4.79 Å². The Morgan fingerprint density at radius 1 is 1.30 bits per heavy atom. The topological polar surface area (TPSA) is 96.6 Å². The van der Waals surface area contributed by atoms with Crippen LogP contribution in [0.4, 0.5) is 4.79 Å². The highest BCUT2D eigenvalue weighted by Crippen LogP contribution is 2.38. The molecule has 8 nitrogen and oxygen atoms in total. The molecule has 0 atom stereocenters. The monoisotopic (exact) mass is 445 g/mol. The fourth-order valence-corrected chi connectivity index (χ4v) is 4.07. The Bertz CT molecular complexity index is 1210. The van der Waals surface area contributed by atoms with Gasteiger partial charge in [-0.3, -0.25) is 0 Å². The molecule has 0 saturated carbocycles. The zero-order valence-corrected chi connectivity index (χ0v) is 17.6. The Balaban J connectivity index is 1.55. The number of aromatic nitrogens is 3. The number of benzene rings is 1. The lowest BCUT2D eigenvalue weighted by atomic mass is 10.2. The van der Waals surface area contributed by atoms with E-state index in [4.69, 9.17) is 30.2 Å². The van der Waals surface area contributed by atoms with E-state index in [-0.39, 0.29) is 19.0 Å². The fraction of sp³-hybridized carbons (Fsp3) is 0.200. The molecule has 30 heavy (non-hydrogen) atoms. The van der Waals surface area contributed by atoms with Crippen molar-refractivity contribution in [3.05, 3.63) is 52.4 Å². The van der Waals surface area contributed by atoms with Crippen LogP contribution in [0, 0.1) is 6.92 Å². The lowest BCUT2D eigenvalue weighted by Gasteiger charge is -2.08. The van der Waals surface area contributed by atoms with Gasteiger partial charge in [0, 0.05) is 23.4 Å². The zero-order valence-electron chi connectivity index (χ0n) is 16.0. The number of hydrogen-bond donors (Lipinski definition) is 0. The third-order valence-electron chi connectivity index (χ3n) is 4.05. The maximum atomic E-state index is 11.7. The second-order valence-electron chi connectivity index (χ2n) is 6.11. The maximum absolute atomic E-state index is 11.7. The Morgan fingerprint density at radius 3 is 2.93 bits per heavy atom. The molecule has 10 heteroatoms. The summed E-state index contributed by atoms with van der Waals surface area (Å²) in [6, 6.07) is 7.35. The van der Waals surface area contributed by atoms with Crippen LogP contribution < -0.4 is 9.47 Å². The molecule has 4 rings (SSSR count). The number of aryl methyl sites for hydroxylation is 1. The number of halogens is 1. The summed E-state index contributed by atoms with van der Waals surface area (Å²) in [5, 5.41) is 10.7. The smallest absolute Gasteiger partial charge is 0.489 e.